The summed E-state index contributed by atoms with van der Waals surface area (Å²) in [5, 5.41) is 9.97. The van der Waals surface area contributed by atoms with Crippen LogP contribution in [0.5, 0.6) is 5.75 Å². The lowest BCUT2D eigenvalue weighted by Crippen LogP contribution is -2.22. The van der Waals surface area contributed by atoms with Gasteiger partial charge in [0, 0.05) is 16.7 Å². The Morgan fingerprint density at radius 1 is 1.11 bits per heavy atom. The summed E-state index contributed by atoms with van der Waals surface area (Å²) in [6.45, 7) is 3.99. The van der Waals surface area contributed by atoms with E-state index in [9.17, 15) is 5.11 Å². The molecule has 0 heterocycles. The maximum Gasteiger partial charge on any atom is 0.166 e. The van der Waals surface area contributed by atoms with Gasteiger partial charge in [0.2, 0.25) is 0 Å². The number of aliphatic hydroxyl groups excluding tert-OH is 1. The Labute approximate surface area is 118 Å². The first kappa shape index (κ1) is 14.2. The summed E-state index contributed by atoms with van der Waals surface area (Å²) in [5.74, 6) is 0.891. The molecular formula is C15H18O3S. The van der Waals surface area contributed by atoms with Gasteiger partial charge >= 0.3 is 0 Å². The maximum atomic E-state index is 9.97. The van der Waals surface area contributed by atoms with Gasteiger partial charge in [-0.2, -0.15) is 0 Å². The van der Waals surface area contributed by atoms with Gasteiger partial charge in [0.15, 0.2) is 5.75 Å². The van der Waals surface area contributed by atoms with Gasteiger partial charge in [-0.15, -0.1) is 4.33 Å². The molecule has 0 aromatic heterocycles. The molecule has 19 heavy (non-hydrogen) atoms. The van der Waals surface area contributed by atoms with Crippen molar-refractivity contribution in [2.24, 2.45) is 11.8 Å². The number of hydrogen-bond acceptors (Lipinski definition) is 4. The van der Waals surface area contributed by atoms with Crippen LogP contribution in [0.2, 0.25) is 0 Å². The molecule has 0 saturated heterocycles. The molecule has 1 N–H and O–H groups in total. The van der Waals surface area contributed by atoms with Gasteiger partial charge in [-0.3, -0.25) is 0 Å². The summed E-state index contributed by atoms with van der Waals surface area (Å²) in [6.07, 6.45) is 5.57. The minimum Gasteiger partial charge on any atom is -0.392 e. The van der Waals surface area contributed by atoms with E-state index in [1.807, 2.05) is 62.4 Å². The van der Waals surface area contributed by atoms with E-state index in [0.717, 1.165) is 16.9 Å². The Morgan fingerprint density at radius 2 is 1.84 bits per heavy atom. The molecule has 3 atom stereocenters. The summed E-state index contributed by atoms with van der Waals surface area (Å²) in [6, 6.07) is 9.34. The molecule has 1 aromatic carbocycles. The molecule has 0 aliphatic heterocycles. The van der Waals surface area contributed by atoms with E-state index in [2.05, 4.69) is 0 Å². The summed E-state index contributed by atoms with van der Waals surface area (Å²) in [4.78, 5) is 6.10. The zero-order valence-electron chi connectivity index (χ0n) is 11.0. The largest absolute Gasteiger partial charge is 0.392 e. The molecule has 0 bridgehead atoms. The van der Waals surface area contributed by atoms with Crippen LogP contribution in [0.25, 0.3) is 0 Å². The molecule has 1 aromatic rings. The summed E-state index contributed by atoms with van der Waals surface area (Å²) >= 11 is 1.15. The SMILES string of the molecule is C[C@H]1C=CC(SOOc2ccccc2)=C[C@H](C)[C@H]1O. The van der Waals surface area contributed by atoms with E-state index < -0.39 is 0 Å². The van der Waals surface area contributed by atoms with Gasteiger partial charge in [0.1, 0.15) is 0 Å². The highest BCUT2D eigenvalue weighted by atomic mass is 32.2. The molecule has 0 radical (unpaired) electrons. The molecule has 1 aliphatic rings. The first-order valence-corrected chi connectivity index (χ1v) is 7.05. The quantitative estimate of drug-likeness (QED) is 0.517. The van der Waals surface area contributed by atoms with E-state index in [4.69, 9.17) is 9.22 Å². The zero-order chi connectivity index (χ0) is 13.7. The van der Waals surface area contributed by atoms with Gasteiger partial charge in [-0.25, -0.2) is 0 Å². The first-order valence-electron chi connectivity index (χ1n) is 6.31. The molecular weight excluding hydrogens is 260 g/mol. The van der Waals surface area contributed by atoms with Gasteiger partial charge < -0.3 is 9.99 Å². The Morgan fingerprint density at radius 3 is 2.58 bits per heavy atom. The van der Waals surface area contributed by atoms with Crippen molar-refractivity contribution in [1.82, 2.24) is 0 Å². The molecule has 3 nitrogen and oxygen atoms in total. The summed E-state index contributed by atoms with van der Waals surface area (Å²) < 4.78 is 5.15. The van der Waals surface area contributed by atoms with Crippen LogP contribution in [0, 0.1) is 11.8 Å². The van der Waals surface area contributed by atoms with Crippen molar-refractivity contribution in [2.75, 3.05) is 0 Å². The molecule has 0 fully saturated rings. The topological polar surface area (TPSA) is 38.7 Å². The second-order valence-corrected chi connectivity index (χ2v) is 5.46. The Hall–Kier alpha value is -1.23. The third kappa shape index (κ3) is 4.13. The molecule has 0 spiro atoms. The Bertz CT molecular complexity index is 456. The van der Waals surface area contributed by atoms with Crippen molar-refractivity contribution in [3.05, 3.63) is 53.5 Å². The average molecular weight is 278 g/mol. The van der Waals surface area contributed by atoms with Crippen LogP contribution in [0.4, 0.5) is 0 Å². The van der Waals surface area contributed by atoms with Crippen molar-refractivity contribution in [2.45, 2.75) is 20.0 Å². The molecule has 2 rings (SSSR count). The van der Waals surface area contributed by atoms with E-state index in [-0.39, 0.29) is 17.9 Å². The fourth-order valence-corrected chi connectivity index (χ4v) is 2.48. The smallest absolute Gasteiger partial charge is 0.166 e. The second kappa shape index (κ2) is 6.80. The van der Waals surface area contributed by atoms with E-state index >= 15 is 0 Å². The van der Waals surface area contributed by atoms with Crippen molar-refractivity contribution in [3.8, 4) is 5.75 Å². The number of aliphatic hydroxyl groups is 1. The first-order chi connectivity index (χ1) is 9.16. The summed E-state index contributed by atoms with van der Waals surface area (Å²) in [5.41, 5.74) is 0. The van der Waals surface area contributed by atoms with E-state index in [1.165, 1.54) is 0 Å². The standard InChI is InChI=1S/C15H18O3S/c1-11-8-9-14(10-12(2)15(11)16)19-18-17-13-6-4-3-5-7-13/h3-12,15-16H,1-2H3/t11-,12-,15-/m0/s1. The molecule has 0 saturated carbocycles. The molecule has 1 aliphatic carbocycles. The Balaban J connectivity index is 1.89. The monoisotopic (exact) mass is 278 g/mol. The third-order valence-corrected chi connectivity index (χ3v) is 3.67. The van der Waals surface area contributed by atoms with Crippen molar-refractivity contribution in [1.29, 1.82) is 0 Å². The van der Waals surface area contributed by atoms with Crippen LogP contribution in [0.3, 0.4) is 0 Å². The van der Waals surface area contributed by atoms with E-state index in [0.29, 0.717) is 5.75 Å². The number of para-hydroxylation sites is 1. The van der Waals surface area contributed by atoms with Gasteiger partial charge in [0.05, 0.1) is 18.1 Å². The summed E-state index contributed by atoms with van der Waals surface area (Å²) in [7, 11) is 0. The lowest BCUT2D eigenvalue weighted by molar-refractivity contribution is -0.0767. The van der Waals surface area contributed by atoms with Crippen molar-refractivity contribution in [3.63, 3.8) is 0 Å². The lowest BCUT2D eigenvalue weighted by atomic mass is 9.95. The van der Waals surface area contributed by atoms with Crippen molar-refractivity contribution >= 4 is 12.0 Å². The predicted octanol–water partition coefficient (Wildman–Crippen LogP) is 3.73. The normalized spacial score (nSPS) is 26.7. The number of hydrogen-bond donors (Lipinski definition) is 1. The minimum absolute atomic E-state index is 0.0906. The fourth-order valence-electron chi connectivity index (χ4n) is 1.88. The van der Waals surface area contributed by atoms with Gasteiger partial charge in [-0.1, -0.05) is 50.3 Å². The van der Waals surface area contributed by atoms with Crippen LogP contribution in [0.1, 0.15) is 13.8 Å². The number of rotatable bonds is 4. The predicted molar refractivity (Wildman–Crippen MR) is 77.3 cm³/mol. The molecule has 0 unspecified atom stereocenters. The van der Waals surface area contributed by atoms with Crippen LogP contribution in [-0.4, -0.2) is 11.2 Å². The highest BCUT2D eigenvalue weighted by Crippen LogP contribution is 2.28. The van der Waals surface area contributed by atoms with E-state index in [1.54, 1.807) is 0 Å². The van der Waals surface area contributed by atoms with Crippen LogP contribution in [0.15, 0.2) is 53.5 Å². The average Bonchev–Trinajstić information content (AvgIpc) is 2.54. The van der Waals surface area contributed by atoms with Gasteiger partial charge in [0.25, 0.3) is 0 Å². The lowest BCUT2D eigenvalue weighted by Gasteiger charge is -2.18. The molecule has 102 valence electrons. The molecule has 4 heteroatoms. The maximum absolute atomic E-state index is 9.97. The number of allylic oxidation sites excluding steroid dienone is 1. The van der Waals surface area contributed by atoms with Crippen LogP contribution < -0.4 is 4.89 Å². The van der Waals surface area contributed by atoms with Crippen LogP contribution in [-0.2, 0) is 4.33 Å². The highest BCUT2D eigenvalue weighted by molar-refractivity contribution is 7.98. The van der Waals surface area contributed by atoms with Crippen LogP contribution >= 0.6 is 12.0 Å². The highest BCUT2D eigenvalue weighted by Gasteiger charge is 2.20. The van der Waals surface area contributed by atoms with Gasteiger partial charge in [-0.05, 0) is 12.1 Å². The minimum atomic E-state index is -0.357. The fraction of sp³-hybridized carbons (Fsp3) is 0.333. The number of benzene rings is 1. The second-order valence-electron chi connectivity index (χ2n) is 4.68. The Kier molecular flexibility index (Phi) is 5.07. The zero-order valence-corrected chi connectivity index (χ0v) is 11.8. The third-order valence-electron chi connectivity index (χ3n) is 3.07. The van der Waals surface area contributed by atoms with Crippen molar-refractivity contribution < 1.29 is 14.3 Å². The molecule has 0 amide bonds.